The van der Waals surface area contributed by atoms with E-state index in [1.54, 1.807) is 24.5 Å². The Kier molecular flexibility index (Phi) is 7.40. The summed E-state index contributed by atoms with van der Waals surface area (Å²) in [6.07, 6.45) is 10.8. The van der Waals surface area contributed by atoms with Crippen LogP contribution in [0.4, 0.5) is 17.3 Å². The summed E-state index contributed by atoms with van der Waals surface area (Å²) < 4.78 is 0. The van der Waals surface area contributed by atoms with Crippen molar-refractivity contribution in [1.29, 1.82) is 0 Å². The summed E-state index contributed by atoms with van der Waals surface area (Å²) >= 11 is 0. The second-order valence-electron chi connectivity index (χ2n) is 9.44. The summed E-state index contributed by atoms with van der Waals surface area (Å²) in [4.78, 5) is 40.3. The Labute approximate surface area is 222 Å². The molecule has 0 spiro atoms. The Bertz CT molecular complexity index is 1410. The molecule has 2 atom stereocenters. The third kappa shape index (κ3) is 5.54. The smallest absolute Gasteiger partial charge is 0.255 e. The van der Waals surface area contributed by atoms with E-state index in [-0.39, 0.29) is 23.8 Å². The number of allylic oxidation sites excluding steroid dienone is 1. The van der Waals surface area contributed by atoms with Gasteiger partial charge in [-0.25, -0.2) is 9.97 Å². The number of carbonyl (C=O) groups is 2. The number of dihydropyridines is 1. The van der Waals surface area contributed by atoms with Gasteiger partial charge in [-0.1, -0.05) is 30.9 Å². The molecule has 0 radical (unpaired) electrons. The van der Waals surface area contributed by atoms with Crippen LogP contribution in [0, 0.1) is 6.92 Å². The van der Waals surface area contributed by atoms with Crippen LogP contribution in [0.15, 0.2) is 84.5 Å². The van der Waals surface area contributed by atoms with Crippen LogP contribution in [-0.4, -0.2) is 46.0 Å². The third-order valence-electron chi connectivity index (χ3n) is 6.90. The van der Waals surface area contributed by atoms with Crippen molar-refractivity contribution in [3.63, 3.8) is 0 Å². The Morgan fingerprint density at radius 3 is 2.74 bits per heavy atom. The highest BCUT2D eigenvalue weighted by Gasteiger charge is 2.28. The molecular formula is C30H30N6O2. The number of hydrogen-bond donors (Lipinski definition) is 2. The van der Waals surface area contributed by atoms with E-state index >= 15 is 0 Å². The Hall–Kier alpha value is -4.59. The minimum absolute atomic E-state index is 0.0194. The maximum absolute atomic E-state index is 13.0. The Morgan fingerprint density at radius 2 is 1.97 bits per heavy atom. The van der Waals surface area contributed by atoms with Crippen LogP contribution in [0.2, 0.25) is 0 Å². The molecule has 1 fully saturated rings. The average molecular weight is 507 g/mol. The van der Waals surface area contributed by atoms with E-state index in [1.165, 1.54) is 6.08 Å². The molecule has 3 heterocycles. The van der Waals surface area contributed by atoms with Crippen LogP contribution in [0.25, 0.3) is 0 Å². The van der Waals surface area contributed by atoms with Crippen LogP contribution in [0.5, 0.6) is 0 Å². The van der Waals surface area contributed by atoms with Crippen LogP contribution >= 0.6 is 0 Å². The first-order chi connectivity index (χ1) is 18.5. The SMILES string of the molecule is C=CC(=O)N1CCCC1c1ccc(C(=O)Nc2ccc(C)c(Nc3nccc(C4C=CC=NC4)n3)c2)cc1. The molecular weight excluding hydrogens is 476 g/mol. The molecule has 2 aromatic carbocycles. The van der Waals surface area contributed by atoms with Gasteiger partial charge in [-0.3, -0.25) is 14.6 Å². The monoisotopic (exact) mass is 506 g/mol. The van der Waals surface area contributed by atoms with Gasteiger partial charge >= 0.3 is 0 Å². The third-order valence-corrected chi connectivity index (χ3v) is 6.90. The van der Waals surface area contributed by atoms with E-state index in [2.05, 4.69) is 38.2 Å². The minimum Gasteiger partial charge on any atom is -0.332 e. The highest BCUT2D eigenvalue weighted by molar-refractivity contribution is 6.04. The number of likely N-dealkylation sites (tertiary alicyclic amines) is 1. The minimum atomic E-state index is -0.209. The molecule has 2 aliphatic rings. The molecule has 5 rings (SSSR count). The number of nitrogens with one attached hydrogen (secondary N) is 2. The number of aliphatic imine (C=N–C) groups is 1. The molecule has 1 saturated heterocycles. The van der Waals surface area contributed by atoms with Crippen molar-refractivity contribution in [3.05, 3.63) is 102 Å². The predicted octanol–water partition coefficient (Wildman–Crippen LogP) is 5.35. The number of carbonyl (C=O) groups excluding carboxylic acids is 2. The van der Waals surface area contributed by atoms with Gasteiger partial charge in [0.25, 0.3) is 5.91 Å². The zero-order valence-electron chi connectivity index (χ0n) is 21.3. The topological polar surface area (TPSA) is 99.6 Å². The second-order valence-corrected chi connectivity index (χ2v) is 9.44. The number of anilines is 3. The molecule has 2 N–H and O–H groups in total. The normalized spacial score (nSPS) is 18.3. The molecule has 0 aliphatic carbocycles. The van der Waals surface area contributed by atoms with Gasteiger partial charge in [0.2, 0.25) is 11.9 Å². The van der Waals surface area contributed by atoms with E-state index in [9.17, 15) is 9.59 Å². The van der Waals surface area contributed by atoms with Crippen molar-refractivity contribution in [3.8, 4) is 0 Å². The van der Waals surface area contributed by atoms with E-state index in [4.69, 9.17) is 0 Å². The number of aryl methyl sites for hydroxylation is 1. The van der Waals surface area contributed by atoms with Gasteiger partial charge in [-0.05, 0) is 73.4 Å². The fourth-order valence-corrected chi connectivity index (χ4v) is 4.82. The molecule has 38 heavy (non-hydrogen) atoms. The molecule has 1 aromatic heterocycles. The lowest BCUT2D eigenvalue weighted by Crippen LogP contribution is -2.28. The first-order valence-electron chi connectivity index (χ1n) is 12.7. The molecule has 3 aromatic rings. The zero-order valence-corrected chi connectivity index (χ0v) is 21.3. The summed E-state index contributed by atoms with van der Waals surface area (Å²) in [6.45, 7) is 6.98. The van der Waals surface area contributed by atoms with Crippen molar-refractivity contribution in [2.75, 3.05) is 23.7 Å². The van der Waals surface area contributed by atoms with Crippen LogP contribution in [0.3, 0.4) is 0 Å². The lowest BCUT2D eigenvalue weighted by atomic mass is 10.0. The van der Waals surface area contributed by atoms with E-state index in [0.29, 0.717) is 23.7 Å². The Balaban J connectivity index is 1.27. The molecule has 8 heteroatoms. The molecule has 2 aliphatic heterocycles. The number of nitrogens with zero attached hydrogens (tertiary/aromatic N) is 4. The summed E-state index contributed by atoms with van der Waals surface area (Å²) in [7, 11) is 0. The predicted molar refractivity (Wildman–Crippen MR) is 150 cm³/mol. The van der Waals surface area contributed by atoms with Crippen molar-refractivity contribution in [2.24, 2.45) is 4.99 Å². The maximum atomic E-state index is 13.0. The first kappa shape index (κ1) is 25.1. The Morgan fingerprint density at radius 1 is 1.13 bits per heavy atom. The number of amides is 2. The quantitative estimate of drug-likeness (QED) is 0.421. The number of aromatic nitrogens is 2. The largest absolute Gasteiger partial charge is 0.332 e. The molecule has 0 bridgehead atoms. The summed E-state index contributed by atoms with van der Waals surface area (Å²) in [5.74, 6) is 0.347. The van der Waals surface area contributed by atoms with E-state index in [0.717, 1.165) is 41.9 Å². The summed E-state index contributed by atoms with van der Waals surface area (Å²) in [6, 6.07) is 15.1. The molecule has 2 amide bonds. The fraction of sp³-hybridized carbons (Fsp3) is 0.233. The first-order valence-corrected chi connectivity index (χ1v) is 12.7. The molecule has 8 nitrogen and oxygen atoms in total. The van der Waals surface area contributed by atoms with Crippen LogP contribution in [-0.2, 0) is 4.79 Å². The molecule has 2 unspecified atom stereocenters. The standard InChI is InChI=1S/C30H30N6O2/c1-3-28(37)36-17-5-7-27(36)21-9-11-22(12-10-21)29(38)33-24-13-8-20(2)26(18-24)35-30-32-16-14-25(34-30)23-6-4-15-31-19-23/h3-4,6,8-16,18,23,27H,1,5,7,17,19H2,2H3,(H,33,38)(H,32,34,35). The van der Waals surface area contributed by atoms with Crippen molar-refractivity contribution in [2.45, 2.75) is 31.7 Å². The van der Waals surface area contributed by atoms with Gasteiger partial charge in [0, 0.05) is 41.8 Å². The lowest BCUT2D eigenvalue weighted by molar-refractivity contribution is -0.126. The molecule has 192 valence electrons. The lowest BCUT2D eigenvalue weighted by Gasteiger charge is -2.23. The number of hydrogen-bond acceptors (Lipinski definition) is 6. The van der Waals surface area contributed by atoms with Crippen LogP contribution < -0.4 is 10.6 Å². The van der Waals surface area contributed by atoms with Gasteiger partial charge in [-0.15, -0.1) is 0 Å². The maximum Gasteiger partial charge on any atom is 0.255 e. The van der Waals surface area contributed by atoms with Gasteiger partial charge in [0.1, 0.15) is 0 Å². The van der Waals surface area contributed by atoms with Crippen molar-refractivity contribution >= 4 is 35.4 Å². The summed E-state index contributed by atoms with van der Waals surface area (Å²) in [5, 5.41) is 6.26. The highest BCUT2D eigenvalue weighted by Crippen LogP contribution is 2.32. The van der Waals surface area contributed by atoms with Crippen molar-refractivity contribution < 1.29 is 9.59 Å². The average Bonchev–Trinajstić information content (AvgIpc) is 3.45. The zero-order chi connectivity index (χ0) is 26.5. The fourth-order valence-electron chi connectivity index (χ4n) is 4.82. The second kappa shape index (κ2) is 11.2. The van der Waals surface area contributed by atoms with E-state index < -0.39 is 0 Å². The van der Waals surface area contributed by atoms with Gasteiger partial charge in [0.05, 0.1) is 18.3 Å². The number of benzene rings is 2. The number of rotatable bonds is 7. The van der Waals surface area contributed by atoms with E-state index in [1.807, 2.05) is 54.3 Å². The highest BCUT2D eigenvalue weighted by atomic mass is 16.2. The molecule has 0 saturated carbocycles. The van der Waals surface area contributed by atoms with Gasteiger partial charge in [-0.2, -0.15) is 0 Å². The van der Waals surface area contributed by atoms with Gasteiger partial charge < -0.3 is 15.5 Å². The van der Waals surface area contributed by atoms with Gasteiger partial charge in [0.15, 0.2) is 0 Å². The van der Waals surface area contributed by atoms with Crippen LogP contribution in [0.1, 0.15) is 52.0 Å². The van der Waals surface area contributed by atoms with Crippen molar-refractivity contribution in [1.82, 2.24) is 14.9 Å². The summed E-state index contributed by atoms with van der Waals surface area (Å²) in [5.41, 5.74) is 4.93.